The Morgan fingerprint density at radius 3 is 2.27 bits per heavy atom. The number of benzene rings is 3. The molecule has 0 aliphatic heterocycles. The fourth-order valence-corrected chi connectivity index (χ4v) is 5.12. The molecule has 3 heterocycles. The summed E-state index contributed by atoms with van der Waals surface area (Å²) in [5, 5.41) is 4.10. The van der Waals surface area contributed by atoms with Crippen molar-refractivity contribution >= 4 is 0 Å². The van der Waals surface area contributed by atoms with Crippen LogP contribution in [0.2, 0.25) is 0 Å². The third-order valence-electron chi connectivity index (χ3n) is 6.55. The fraction of sp³-hybridized carbons (Fsp3) is 0.0333. The smallest absolute Gasteiger partial charge is 0.540 e. The van der Waals surface area contributed by atoms with Gasteiger partial charge in [0.2, 0.25) is 0 Å². The number of nitrogens with zero attached hydrogens (tertiary/aromatic N) is 4. The van der Waals surface area contributed by atoms with Crippen LogP contribution in [0.25, 0.3) is 16.8 Å². The van der Waals surface area contributed by atoms with E-state index in [1.54, 1.807) is 11.0 Å². The van der Waals surface area contributed by atoms with E-state index in [4.69, 9.17) is 14.1 Å². The van der Waals surface area contributed by atoms with E-state index in [2.05, 4.69) is 82.9 Å². The molecule has 0 saturated carbocycles. The Morgan fingerprint density at radius 1 is 0.811 bits per heavy atom. The van der Waals surface area contributed by atoms with Crippen molar-refractivity contribution < 1.29 is 30.2 Å². The maximum Gasteiger partial charge on any atom is 2.00 e. The molecule has 3 aromatic carbocycles. The van der Waals surface area contributed by atoms with Gasteiger partial charge in [0.05, 0.1) is 11.1 Å². The van der Waals surface area contributed by atoms with E-state index in [-0.39, 0.29) is 27.0 Å². The van der Waals surface area contributed by atoms with Crippen molar-refractivity contribution in [2.24, 2.45) is 0 Å². The van der Waals surface area contributed by atoms with E-state index < -0.39 is 5.41 Å². The van der Waals surface area contributed by atoms with Crippen LogP contribution in [0, 0.1) is 12.1 Å². The molecule has 3 aromatic heterocycles. The molecule has 7 heteroatoms. The number of rotatable bonds is 5. The first kappa shape index (κ1) is 23.1. The minimum atomic E-state index is -0.646. The van der Waals surface area contributed by atoms with Gasteiger partial charge >= 0.3 is 21.1 Å². The number of pyridine rings is 1. The van der Waals surface area contributed by atoms with E-state index in [0.29, 0.717) is 11.4 Å². The number of hydrogen-bond donors (Lipinski definition) is 0. The zero-order valence-electron chi connectivity index (χ0n) is 19.3. The van der Waals surface area contributed by atoms with E-state index in [0.717, 1.165) is 22.4 Å². The molecule has 0 saturated heterocycles. The summed E-state index contributed by atoms with van der Waals surface area (Å²) in [6, 6.07) is 35.5. The predicted octanol–water partition coefficient (Wildman–Crippen LogP) is 6.01. The standard InChI is InChI=1S/C30H18N4O2.Pt/c1-3-12-26-24(10-1)25-11-2-4-13-27(25)30(26,28-14-5-6-15-32-28)21-8-7-9-23(16-21)36-29-17-22(18-35-29)34-20-31-19-33-34;/h1-15,18-20H;/q-2;+2. The summed E-state index contributed by atoms with van der Waals surface area (Å²) in [6.45, 7) is 0. The monoisotopic (exact) mass is 661 g/mol. The molecule has 6 aromatic rings. The quantitative estimate of drug-likeness (QED) is 0.212. The Bertz CT molecular complexity index is 1630. The molecular weight excluding hydrogens is 643 g/mol. The predicted molar refractivity (Wildman–Crippen MR) is 133 cm³/mol. The second kappa shape index (κ2) is 9.30. The van der Waals surface area contributed by atoms with Crippen LogP contribution in [0.5, 0.6) is 11.7 Å². The topological polar surface area (TPSA) is 66.0 Å². The number of hydrogen-bond acceptors (Lipinski definition) is 5. The number of aromatic nitrogens is 4. The van der Waals surface area contributed by atoms with Gasteiger partial charge in [0.1, 0.15) is 12.7 Å². The van der Waals surface area contributed by atoms with Gasteiger partial charge in [0, 0.05) is 11.9 Å². The largest absolute Gasteiger partial charge is 2.00 e. The molecule has 1 aliphatic rings. The van der Waals surface area contributed by atoms with E-state index in [1.807, 2.05) is 30.5 Å². The van der Waals surface area contributed by atoms with Crippen molar-refractivity contribution in [3.63, 3.8) is 0 Å². The molecule has 180 valence electrons. The van der Waals surface area contributed by atoms with Crippen molar-refractivity contribution in [2.75, 3.05) is 0 Å². The summed E-state index contributed by atoms with van der Waals surface area (Å²) < 4.78 is 13.2. The van der Waals surface area contributed by atoms with Gasteiger partial charge < -0.3 is 9.15 Å². The number of fused-ring (bicyclic) bond motifs is 3. The van der Waals surface area contributed by atoms with Crippen molar-refractivity contribution in [3.8, 4) is 28.5 Å². The molecule has 0 atom stereocenters. The summed E-state index contributed by atoms with van der Waals surface area (Å²) in [4.78, 5) is 8.81. The zero-order chi connectivity index (χ0) is 24.0. The zero-order valence-corrected chi connectivity index (χ0v) is 21.6. The van der Waals surface area contributed by atoms with E-state index >= 15 is 0 Å². The third-order valence-corrected chi connectivity index (χ3v) is 6.55. The molecule has 0 bridgehead atoms. The average molecular weight is 662 g/mol. The second-order valence-electron chi connectivity index (χ2n) is 8.46. The van der Waals surface area contributed by atoms with Crippen LogP contribution in [0.4, 0.5) is 0 Å². The van der Waals surface area contributed by atoms with Gasteiger partial charge in [-0.3, -0.25) is 9.67 Å². The van der Waals surface area contributed by atoms with Crippen LogP contribution >= 0.6 is 0 Å². The molecule has 37 heavy (non-hydrogen) atoms. The number of ether oxygens (including phenoxy) is 1. The molecule has 0 spiro atoms. The van der Waals surface area contributed by atoms with Crippen molar-refractivity contribution in [1.29, 1.82) is 0 Å². The van der Waals surface area contributed by atoms with Gasteiger partial charge in [-0.05, 0) is 40.6 Å². The van der Waals surface area contributed by atoms with Gasteiger partial charge in [0.15, 0.2) is 5.95 Å². The third kappa shape index (κ3) is 3.64. The van der Waals surface area contributed by atoms with Crippen molar-refractivity contribution in [1.82, 2.24) is 19.7 Å². The summed E-state index contributed by atoms with van der Waals surface area (Å²) >= 11 is 0. The maximum atomic E-state index is 6.05. The van der Waals surface area contributed by atoms with Gasteiger partial charge in [-0.15, -0.1) is 23.8 Å². The molecular formula is C30H18N4O2Pt. The Hall–Kier alpha value is -4.28. The van der Waals surface area contributed by atoms with Gasteiger partial charge in [-0.25, -0.2) is 4.98 Å². The molecule has 6 nitrogen and oxygen atoms in total. The summed E-state index contributed by atoms with van der Waals surface area (Å²) in [5.74, 6) is 0.730. The fourth-order valence-electron chi connectivity index (χ4n) is 5.12. The van der Waals surface area contributed by atoms with Gasteiger partial charge in [-0.2, -0.15) is 17.2 Å². The van der Waals surface area contributed by atoms with Gasteiger partial charge in [0.25, 0.3) is 0 Å². The van der Waals surface area contributed by atoms with Crippen LogP contribution in [-0.4, -0.2) is 19.7 Å². The van der Waals surface area contributed by atoms with Crippen LogP contribution in [0.15, 0.2) is 114 Å². The molecule has 0 radical (unpaired) electrons. The minimum Gasteiger partial charge on any atom is -0.540 e. The van der Waals surface area contributed by atoms with Crippen molar-refractivity contribution in [3.05, 3.63) is 145 Å². The maximum absolute atomic E-state index is 6.05. The Kier molecular flexibility index (Phi) is 5.82. The molecule has 0 unspecified atom stereocenters. The Balaban J connectivity index is 0.00000252. The summed E-state index contributed by atoms with van der Waals surface area (Å²) in [5.41, 5.74) is 6.51. The Morgan fingerprint density at radius 2 is 1.57 bits per heavy atom. The summed E-state index contributed by atoms with van der Waals surface area (Å²) in [7, 11) is 0. The summed E-state index contributed by atoms with van der Waals surface area (Å²) in [6.07, 6.45) is 6.38. The van der Waals surface area contributed by atoms with Gasteiger partial charge in [-0.1, -0.05) is 60.3 Å². The average Bonchev–Trinajstić information content (AvgIpc) is 3.68. The minimum absolute atomic E-state index is 0. The molecule has 0 N–H and O–H groups in total. The normalized spacial score (nSPS) is 12.9. The molecule has 0 amide bonds. The first-order valence-corrected chi connectivity index (χ1v) is 11.5. The van der Waals surface area contributed by atoms with Crippen LogP contribution in [0.3, 0.4) is 0 Å². The van der Waals surface area contributed by atoms with E-state index in [1.165, 1.54) is 23.7 Å². The Labute approximate surface area is 227 Å². The molecule has 0 fully saturated rings. The van der Waals surface area contributed by atoms with Crippen LogP contribution in [0.1, 0.15) is 22.4 Å². The first-order chi connectivity index (χ1) is 17.8. The SMILES string of the molecule is [Pt+2].[c-]1c(Oc2[c-]c(-n3cncn3)co2)cccc1C1(c2ccccn2)c2ccccc2-c2ccccc21. The number of furan rings is 1. The first-order valence-electron chi connectivity index (χ1n) is 11.5. The van der Waals surface area contributed by atoms with Crippen LogP contribution < -0.4 is 4.74 Å². The second-order valence-corrected chi connectivity index (χ2v) is 8.46. The van der Waals surface area contributed by atoms with Crippen molar-refractivity contribution in [2.45, 2.75) is 5.41 Å². The molecule has 7 rings (SSSR count). The van der Waals surface area contributed by atoms with E-state index in [9.17, 15) is 0 Å². The molecule has 1 aliphatic carbocycles. The van der Waals surface area contributed by atoms with Crippen LogP contribution in [-0.2, 0) is 26.5 Å².